The third-order valence-electron chi connectivity index (χ3n) is 2.36. The van der Waals surface area contributed by atoms with Crippen molar-refractivity contribution in [1.82, 2.24) is 19.9 Å². The number of aromatic amines is 1. The van der Waals surface area contributed by atoms with Crippen molar-refractivity contribution in [3.05, 3.63) is 12.7 Å². The van der Waals surface area contributed by atoms with Gasteiger partial charge in [-0.15, -0.1) is 0 Å². The first-order valence-corrected chi connectivity index (χ1v) is 6.61. The van der Waals surface area contributed by atoms with Crippen LogP contribution in [0.3, 0.4) is 0 Å². The van der Waals surface area contributed by atoms with Gasteiger partial charge < -0.3 is 9.72 Å². The van der Waals surface area contributed by atoms with Gasteiger partial charge in [0.2, 0.25) is 0 Å². The van der Waals surface area contributed by atoms with Crippen molar-refractivity contribution < 1.29 is 9.53 Å². The average Bonchev–Trinajstić information content (AvgIpc) is 2.85. The van der Waals surface area contributed by atoms with E-state index in [2.05, 4.69) is 19.9 Å². The summed E-state index contributed by atoms with van der Waals surface area (Å²) in [5, 5.41) is 0.462. The van der Waals surface area contributed by atoms with Crippen molar-refractivity contribution in [1.29, 1.82) is 0 Å². The quantitative estimate of drug-likeness (QED) is 0.505. The SMILES string of the molecule is CCOC(=O)[C@H](CC)Sc1ncnc2nc[nH]c12. The minimum atomic E-state index is -0.258. The van der Waals surface area contributed by atoms with Gasteiger partial charge in [-0.3, -0.25) is 4.79 Å². The molecular formula is C11H14N4O2S. The number of hydrogen-bond acceptors (Lipinski definition) is 6. The minimum Gasteiger partial charge on any atom is -0.465 e. The molecule has 0 aromatic carbocycles. The number of thioether (sulfide) groups is 1. The third-order valence-corrected chi connectivity index (χ3v) is 3.71. The first-order valence-electron chi connectivity index (χ1n) is 5.73. The second-order valence-electron chi connectivity index (χ2n) is 3.55. The van der Waals surface area contributed by atoms with E-state index in [4.69, 9.17) is 4.74 Å². The van der Waals surface area contributed by atoms with Crippen LogP contribution in [0.25, 0.3) is 11.2 Å². The summed E-state index contributed by atoms with van der Waals surface area (Å²) >= 11 is 1.37. The predicted octanol–water partition coefficient (Wildman–Crippen LogP) is 1.79. The first kappa shape index (κ1) is 12.8. The summed E-state index contributed by atoms with van der Waals surface area (Å²) in [6.07, 6.45) is 3.70. The van der Waals surface area contributed by atoms with Crippen LogP contribution in [0.5, 0.6) is 0 Å². The Morgan fingerprint density at radius 2 is 2.28 bits per heavy atom. The molecule has 0 unspecified atom stereocenters. The lowest BCUT2D eigenvalue weighted by molar-refractivity contribution is -0.142. The number of rotatable bonds is 5. The van der Waals surface area contributed by atoms with E-state index in [1.807, 2.05) is 6.92 Å². The number of imidazole rings is 1. The monoisotopic (exact) mass is 266 g/mol. The van der Waals surface area contributed by atoms with Crippen molar-refractivity contribution in [2.75, 3.05) is 6.61 Å². The first-order chi connectivity index (χ1) is 8.76. The van der Waals surface area contributed by atoms with E-state index in [9.17, 15) is 4.79 Å². The van der Waals surface area contributed by atoms with Crippen LogP contribution in [0.4, 0.5) is 0 Å². The van der Waals surface area contributed by atoms with Crippen molar-refractivity contribution >= 4 is 28.9 Å². The second-order valence-corrected chi connectivity index (χ2v) is 4.74. The number of H-pyrrole nitrogens is 1. The molecule has 1 atom stereocenters. The van der Waals surface area contributed by atoms with E-state index >= 15 is 0 Å². The molecule has 96 valence electrons. The van der Waals surface area contributed by atoms with E-state index in [0.717, 1.165) is 10.5 Å². The molecule has 2 heterocycles. The average molecular weight is 266 g/mol. The maximum absolute atomic E-state index is 11.7. The lowest BCUT2D eigenvalue weighted by atomic mass is 10.3. The number of ether oxygens (including phenoxy) is 1. The fourth-order valence-corrected chi connectivity index (χ4v) is 2.48. The highest BCUT2D eigenvalue weighted by Crippen LogP contribution is 2.28. The Morgan fingerprint density at radius 3 is 3.00 bits per heavy atom. The maximum atomic E-state index is 11.7. The molecule has 2 aromatic rings. The number of nitrogens with one attached hydrogen (secondary N) is 1. The van der Waals surface area contributed by atoms with Crippen molar-refractivity contribution in [3.63, 3.8) is 0 Å². The third kappa shape index (κ3) is 2.61. The van der Waals surface area contributed by atoms with Gasteiger partial charge in [0.1, 0.15) is 22.1 Å². The molecule has 0 bridgehead atoms. The van der Waals surface area contributed by atoms with Gasteiger partial charge in [-0.2, -0.15) is 0 Å². The number of aromatic nitrogens is 4. The lowest BCUT2D eigenvalue weighted by Gasteiger charge is -2.12. The molecular weight excluding hydrogens is 252 g/mol. The highest BCUT2D eigenvalue weighted by molar-refractivity contribution is 8.00. The number of nitrogens with zero attached hydrogens (tertiary/aromatic N) is 3. The molecule has 0 fully saturated rings. The Morgan fingerprint density at radius 1 is 1.44 bits per heavy atom. The Kier molecular flexibility index (Phi) is 4.14. The van der Waals surface area contributed by atoms with Gasteiger partial charge in [0.15, 0.2) is 5.65 Å². The van der Waals surface area contributed by atoms with Gasteiger partial charge in [0, 0.05) is 0 Å². The zero-order chi connectivity index (χ0) is 13.0. The Hall–Kier alpha value is -1.63. The number of fused-ring (bicyclic) bond motifs is 1. The van der Waals surface area contributed by atoms with Gasteiger partial charge in [-0.05, 0) is 13.3 Å². The normalized spacial score (nSPS) is 12.6. The second kappa shape index (κ2) is 5.81. The molecule has 7 heteroatoms. The van der Waals surface area contributed by atoms with Gasteiger partial charge in [-0.1, -0.05) is 18.7 Å². The summed E-state index contributed by atoms with van der Waals surface area (Å²) < 4.78 is 5.03. The number of carbonyl (C=O) groups is 1. The van der Waals surface area contributed by atoms with Gasteiger partial charge in [-0.25, -0.2) is 15.0 Å². The lowest BCUT2D eigenvalue weighted by Crippen LogP contribution is -2.19. The molecule has 0 saturated heterocycles. The van der Waals surface area contributed by atoms with Crippen LogP contribution >= 0.6 is 11.8 Å². The summed E-state index contributed by atoms with van der Waals surface area (Å²) in [6.45, 7) is 4.13. The van der Waals surface area contributed by atoms with Gasteiger partial charge in [0.05, 0.1) is 12.9 Å². The molecule has 2 aromatic heterocycles. The summed E-state index contributed by atoms with van der Waals surface area (Å²) in [5.74, 6) is -0.212. The highest BCUT2D eigenvalue weighted by Gasteiger charge is 2.21. The molecule has 0 aliphatic carbocycles. The fourth-order valence-electron chi connectivity index (χ4n) is 1.50. The van der Waals surface area contributed by atoms with Gasteiger partial charge >= 0.3 is 5.97 Å². The molecule has 0 aliphatic rings. The number of carbonyl (C=O) groups excluding carboxylic acids is 1. The number of esters is 1. The Bertz CT molecular complexity index is 543. The molecule has 0 amide bonds. The number of hydrogen-bond donors (Lipinski definition) is 1. The standard InChI is InChI=1S/C11H14N4O2S/c1-3-7(11(16)17-4-2)18-10-8-9(13-5-12-8)14-6-15-10/h5-7H,3-4H2,1-2H3,(H,12,13,14,15)/t7-/m0/s1. The van der Waals surface area contributed by atoms with E-state index in [1.54, 1.807) is 13.3 Å². The van der Waals surface area contributed by atoms with E-state index < -0.39 is 0 Å². The van der Waals surface area contributed by atoms with E-state index in [1.165, 1.54) is 18.1 Å². The van der Waals surface area contributed by atoms with Gasteiger partial charge in [0.25, 0.3) is 0 Å². The predicted molar refractivity (Wildman–Crippen MR) is 68.3 cm³/mol. The molecule has 0 spiro atoms. The largest absolute Gasteiger partial charge is 0.465 e. The minimum absolute atomic E-state index is 0.212. The zero-order valence-corrected chi connectivity index (χ0v) is 11.0. The fraction of sp³-hybridized carbons (Fsp3) is 0.455. The molecule has 1 N–H and O–H groups in total. The summed E-state index contributed by atoms with van der Waals surface area (Å²) in [6, 6.07) is 0. The Balaban J connectivity index is 2.21. The van der Waals surface area contributed by atoms with Crippen molar-refractivity contribution in [2.45, 2.75) is 30.5 Å². The molecule has 0 aliphatic heterocycles. The Labute approximate surface area is 109 Å². The summed E-state index contributed by atoms with van der Waals surface area (Å²) in [7, 11) is 0. The zero-order valence-electron chi connectivity index (χ0n) is 10.2. The van der Waals surface area contributed by atoms with Crippen molar-refractivity contribution in [2.24, 2.45) is 0 Å². The van der Waals surface area contributed by atoms with Crippen molar-refractivity contribution in [3.8, 4) is 0 Å². The van der Waals surface area contributed by atoms with E-state index in [-0.39, 0.29) is 11.2 Å². The van der Waals surface area contributed by atoms with Crippen LogP contribution in [0, 0.1) is 0 Å². The molecule has 6 nitrogen and oxygen atoms in total. The maximum Gasteiger partial charge on any atom is 0.319 e. The highest BCUT2D eigenvalue weighted by atomic mass is 32.2. The van der Waals surface area contributed by atoms with Crippen LogP contribution in [-0.4, -0.2) is 37.8 Å². The van der Waals surface area contributed by atoms with Crippen LogP contribution in [-0.2, 0) is 9.53 Å². The molecule has 18 heavy (non-hydrogen) atoms. The molecule has 0 saturated carbocycles. The van der Waals surface area contributed by atoms with Crippen LogP contribution < -0.4 is 0 Å². The summed E-state index contributed by atoms with van der Waals surface area (Å²) in [5.41, 5.74) is 1.36. The summed E-state index contributed by atoms with van der Waals surface area (Å²) in [4.78, 5) is 27.0. The van der Waals surface area contributed by atoms with Crippen LogP contribution in [0.15, 0.2) is 17.7 Å². The topological polar surface area (TPSA) is 80.8 Å². The van der Waals surface area contributed by atoms with E-state index in [0.29, 0.717) is 18.7 Å². The smallest absolute Gasteiger partial charge is 0.319 e. The van der Waals surface area contributed by atoms with Crippen LogP contribution in [0.2, 0.25) is 0 Å². The molecule has 2 rings (SSSR count). The van der Waals surface area contributed by atoms with Crippen LogP contribution in [0.1, 0.15) is 20.3 Å². The molecule has 0 radical (unpaired) electrons.